The Bertz CT molecular complexity index is 1300. The second kappa shape index (κ2) is 9.80. The topological polar surface area (TPSA) is 69.5 Å². The second-order valence-corrected chi connectivity index (χ2v) is 9.07. The number of fused-ring (bicyclic) bond motifs is 1. The lowest BCUT2D eigenvalue weighted by Gasteiger charge is -2.21. The van der Waals surface area contributed by atoms with Crippen LogP contribution in [0.2, 0.25) is 5.02 Å². The molecule has 2 heterocycles. The molecule has 33 heavy (non-hydrogen) atoms. The summed E-state index contributed by atoms with van der Waals surface area (Å²) >= 11 is 7.74. The first kappa shape index (κ1) is 23.1. The summed E-state index contributed by atoms with van der Waals surface area (Å²) in [5.74, 6) is 0.883. The fourth-order valence-corrected chi connectivity index (χ4v) is 4.80. The number of thiazole rings is 1. The molecule has 0 N–H and O–H groups in total. The zero-order chi connectivity index (χ0) is 23.5. The second-order valence-electron chi connectivity index (χ2n) is 7.65. The lowest BCUT2D eigenvalue weighted by atomic mass is 10.2. The van der Waals surface area contributed by atoms with Gasteiger partial charge in [-0.05, 0) is 56.7 Å². The van der Waals surface area contributed by atoms with Crippen LogP contribution in [0, 0.1) is 20.8 Å². The summed E-state index contributed by atoms with van der Waals surface area (Å²) in [6.07, 6.45) is 0. The Balaban J connectivity index is 1.61. The van der Waals surface area contributed by atoms with Crippen LogP contribution in [0.1, 0.15) is 17.0 Å². The van der Waals surface area contributed by atoms with Crippen molar-refractivity contribution in [3.8, 4) is 11.5 Å². The molecule has 172 valence electrons. The number of halogens is 1. The Morgan fingerprint density at radius 2 is 1.91 bits per heavy atom. The van der Waals surface area contributed by atoms with Crippen molar-refractivity contribution in [2.45, 2.75) is 27.3 Å². The smallest absolute Gasteiger partial charge is 0.266 e. The Kier molecular flexibility index (Phi) is 6.85. The van der Waals surface area contributed by atoms with Crippen molar-refractivity contribution in [3.05, 3.63) is 64.4 Å². The van der Waals surface area contributed by atoms with Crippen molar-refractivity contribution in [2.24, 2.45) is 0 Å². The SMILES string of the molecule is COc1ccccc1OCC(=O)N(CCn1nc(C)cc1C)c1nc2c(C)c(Cl)ccc2s1. The average molecular weight is 485 g/mol. The minimum atomic E-state index is -0.203. The fraction of sp³-hybridized carbons (Fsp3) is 0.292. The van der Waals surface area contributed by atoms with E-state index in [0.717, 1.165) is 27.2 Å². The van der Waals surface area contributed by atoms with Crippen molar-refractivity contribution in [2.75, 3.05) is 25.2 Å². The molecule has 0 radical (unpaired) electrons. The van der Waals surface area contributed by atoms with Crippen LogP contribution in [0.25, 0.3) is 10.2 Å². The molecule has 4 aromatic rings. The fourth-order valence-electron chi connectivity index (χ4n) is 3.58. The highest BCUT2D eigenvalue weighted by atomic mass is 35.5. The van der Waals surface area contributed by atoms with E-state index in [4.69, 9.17) is 26.1 Å². The highest BCUT2D eigenvalue weighted by Crippen LogP contribution is 2.34. The van der Waals surface area contributed by atoms with Gasteiger partial charge in [0.1, 0.15) is 0 Å². The Morgan fingerprint density at radius 3 is 2.61 bits per heavy atom. The van der Waals surface area contributed by atoms with Crippen molar-refractivity contribution < 1.29 is 14.3 Å². The van der Waals surface area contributed by atoms with Gasteiger partial charge in [-0.15, -0.1) is 0 Å². The van der Waals surface area contributed by atoms with Crippen molar-refractivity contribution >= 4 is 44.2 Å². The number of amides is 1. The highest BCUT2D eigenvalue weighted by molar-refractivity contribution is 7.22. The van der Waals surface area contributed by atoms with E-state index in [9.17, 15) is 4.79 Å². The maximum Gasteiger partial charge on any atom is 0.266 e. The molecule has 0 saturated heterocycles. The monoisotopic (exact) mass is 484 g/mol. The average Bonchev–Trinajstić information content (AvgIpc) is 3.38. The van der Waals surface area contributed by atoms with Crippen LogP contribution in [-0.4, -0.2) is 40.9 Å². The molecular formula is C24H25ClN4O3S. The molecule has 0 spiro atoms. The molecule has 0 aliphatic rings. The molecule has 7 nitrogen and oxygen atoms in total. The molecule has 0 fully saturated rings. The lowest BCUT2D eigenvalue weighted by Crippen LogP contribution is -2.37. The molecule has 0 aliphatic carbocycles. The van der Waals surface area contributed by atoms with E-state index < -0.39 is 0 Å². The summed E-state index contributed by atoms with van der Waals surface area (Å²) in [6.45, 7) is 6.68. The predicted molar refractivity (Wildman–Crippen MR) is 132 cm³/mol. The maximum atomic E-state index is 13.3. The van der Waals surface area contributed by atoms with Gasteiger partial charge in [0.15, 0.2) is 23.2 Å². The third-order valence-corrected chi connectivity index (χ3v) is 6.78. The summed E-state index contributed by atoms with van der Waals surface area (Å²) in [5, 5.41) is 5.77. The number of rotatable bonds is 8. The minimum Gasteiger partial charge on any atom is -0.493 e. The van der Waals surface area contributed by atoms with E-state index >= 15 is 0 Å². The van der Waals surface area contributed by atoms with Gasteiger partial charge in [0.25, 0.3) is 5.91 Å². The Morgan fingerprint density at radius 1 is 1.15 bits per heavy atom. The first-order valence-electron chi connectivity index (χ1n) is 10.5. The summed E-state index contributed by atoms with van der Waals surface area (Å²) in [5.41, 5.74) is 3.68. The van der Waals surface area contributed by atoms with E-state index in [1.54, 1.807) is 24.1 Å². The van der Waals surface area contributed by atoms with Gasteiger partial charge in [-0.2, -0.15) is 5.10 Å². The van der Waals surface area contributed by atoms with Gasteiger partial charge in [0.2, 0.25) is 0 Å². The number of aromatic nitrogens is 3. The summed E-state index contributed by atoms with van der Waals surface area (Å²) in [4.78, 5) is 19.7. The molecule has 0 saturated carbocycles. The number of para-hydroxylation sites is 2. The first-order chi connectivity index (χ1) is 15.9. The zero-order valence-corrected chi connectivity index (χ0v) is 20.5. The molecule has 9 heteroatoms. The van der Waals surface area contributed by atoms with Crippen LogP contribution in [0.15, 0.2) is 42.5 Å². The number of benzene rings is 2. The molecule has 2 aromatic heterocycles. The third-order valence-electron chi connectivity index (χ3n) is 5.33. The van der Waals surface area contributed by atoms with Crippen molar-refractivity contribution in [1.29, 1.82) is 0 Å². The van der Waals surface area contributed by atoms with E-state index in [1.807, 2.05) is 55.8 Å². The maximum absolute atomic E-state index is 13.3. The van der Waals surface area contributed by atoms with Crippen LogP contribution < -0.4 is 14.4 Å². The number of ether oxygens (including phenoxy) is 2. The summed E-state index contributed by atoms with van der Waals surface area (Å²) in [6, 6.07) is 13.1. The Hall–Kier alpha value is -3.10. The van der Waals surface area contributed by atoms with Crippen molar-refractivity contribution in [3.63, 3.8) is 0 Å². The van der Waals surface area contributed by atoms with Gasteiger partial charge in [-0.3, -0.25) is 14.4 Å². The van der Waals surface area contributed by atoms with Gasteiger partial charge in [-0.1, -0.05) is 35.1 Å². The Labute approximate surface area is 201 Å². The van der Waals surface area contributed by atoms with Gasteiger partial charge in [0, 0.05) is 17.3 Å². The number of methoxy groups -OCH3 is 1. The molecule has 0 aliphatic heterocycles. The van der Waals surface area contributed by atoms with Gasteiger partial charge < -0.3 is 9.47 Å². The lowest BCUT2D eigenvalue weighted by molar-refractivity contribution is -0.120. The number of hydrogen-bond acceptors (Lipinski definition) is 6. The van der Waals surface area contributed by atoms with E-state index in [2.05, 4.69) is 5.10 Å². The number of anilines is 1. The molecular weight excluding hydrogens is 460 g/mol. The minimum absolute atomic E-state index is 0.146. The van der Waals surface area contributed by atoms with Gasteiger partial charge in [0.05, 0.1) is 29.6 Å². The number of hydrogen-bond donors (Lipinski definition) is 0. The van der Waals surface area contributed by atoms with E-state index in [-0.39, 0.29) is 12.5 Å². The molecule has 4 rings (SSSR count). The number of carbonyl (C=O) groups excluding carboxylic acids is 1. The van der Waals surface area contributed by atoms with E-state index in [0.29, 0.717) is 34.7 Å². The summed E-state index contributed by atoms with van der Waals surface area (Å²) in [7, 11) is 1.57. The van der Waals surface area contributed by atoms with Gasteiger partial charge in [-0.25, -0.2) is 4.98 Å². The number of nitrogens with zero attached hydrogens (tertiary/aromatic N) is 4. The molecule has 2 aromatic carbocycles. The highest BCUT2D eigenvalue weighted by Gasteiger charge is 2.22. The molecule has 0 unspecified atom stereocenters. The normalized spacial score (nSPS) is 11.1. The third kappa shape index (κ3) is 4.96. The van der Waals surface area contributed by atoms with Crippen LogP contribution in [0.3, 0.4) is 0 Å². The molecule has 0 atom stereocenters. The van der Waals surface area contributed by atoms with Crippen LogP contribution >= 0.6 is 22.9 Å². The van der Waals surface area contributed by atoms with Gasteiger partial charge >= 0.3 is 0 Å². The van der Waals surface area contributed by atoms with E-state index in [1.165, 1.54) is 11.3 Å². The standard InChI is InChI=1S/C24H25ClN4O3S/c1-15-13-16(2)29(27-15)12-11-28(22(30)14-32-20-8-6-5-7-19(20)31-4)24-26-23-17(3)18(25)9-10-21(23)33-24/h5-10,13H,11-12,14H2,1-4H3. The first-order valence-corrected chi connectivity index (χ1v) is 11.7. The quantitative estimate of drug-likeness (QED) is 0.344. The van der Waals surface area contributed by atoms with Crippen molar-refractivity contribution in [1.82, 2.24) is 14.8 Å². The van der Waals surface area contributed by atoms with Crippen LogP contribution in [0.4, 0.5) is 5.13 Å². The number of aryl methyl sites for hydroxylation is 3. The predicted octanol–water partition coefficient (Wildman–Crippen LogP) is 5.19. The zero-order valence-electron chi connectivity index (χ0n) is 19.0. The largest absolute Gasteiger partial charge is 0.493 e. The molecule has 0 bridgehead atoms. The summed E-state index contributed by atoms with van der Waals surface area (Å²) < 4.78 is 14.0. The number of carbonyl (C=O) groups is 1. The molecule has 1 amide bonds. The van der Waals surface area contributed by atoms with Crippen LogP contribution in [-0.2, 0) is 11.3 Å². The van der Waals surface area contributed by atoms with Crippen LogP contribution in [0.5, 0.6) is 11.5 Å².